The molecule has 2 rings (SSSR count). The number of likely N-dealkylation sites (tertiary alicyclic amines) is 1. The maximum Gasteiger partial charge on any atom is 0.224 e. The zero-order chi connectivity index (χ0) is 14.2. The van der Waals surface area contributed by atoms with Gasteiger partial charge in [0, 0.05) is 19.6 Å². The molecule has 5 nitrogen and oxygen atoms in total. The molecule has 0 atom stereocenters. The molecule has 1 aromatic heterocycles. The molecule has 0 aliphatic carbocycles. The summed E-state index contributed by atoms with van der Waals surface area (Å²) in [6.07, 6.45) is 6.70. The minimum Gasteiger partial charge on any atom is -0.367 e. The van der Waals surface area contributed by atoms with Crippen LogP contribution in [0.15, 0.2) is 6.20 Å². The summed E-state index contributed by atoms with van der Waals surface area (Å²) in [5, 5.41) is 7.06. The quantitative estimate of drug-likeness (QED) is 0.810. The molecule has 6 heteroatoms. The van der Waals surface area contributed by atoms with E-state index < -0.39 is 0 Å². The monoisotopic (exact) mass is 297 g/mol. The number of anilines is 2. The molecule has 20 heavy (non-hydrogen) atoms. The molecule has 1 aliphatic rings. The summed E-state index contributed by atoms with van der Waals surface area (Å²) in [6, 6.07) is 0. The van der Waals surface area contributed by atoms with Gasteiger partial charge in [-0.05, 0) is 32.4 Å². The highest BCUT2D eigenvalue weighted by molar-refractivity contribution is 6.32. The first kappa shape index (κ1) is 15.3. The van der Waals surface area contributed by atoms with Crippen molar-refractivity contribution in [1.29, 1.82) is 0 Å². The Bertz CT molecular complexity index is 407. The molecule has 0 saturated carbocycles. The van der Waals surface area contributed by atoms with Gasteiger partial charge in [0.1, 0.15) is 5.02 Å². The highest BCUT2D eigenvalue weighted by atomic mass is 35.5. The van der Waals surface area contributed by atoms with Crippen LogP contribution in [0.3, 0.4) is 0 Å². The standard InChI is InChI=1S/C14H24ClN5/c1-2-6-17-14-18-11-12(15)13(19-14)16-7-10-20-8-4-3-5-9-20/h11H,2-10H2,1H3,(H2,16,17,18,19). The van der Waals surface area contributed by atoms with Gasteiger partial charge in [-0.15, -0.1) is 0 Å². The van der Waals surface area contributed by atoms with E-state index in [4.69, 9.17) is 11.6 Å². The summed E-state index contributed by atoms with van der Waals surface area (Å²) >= 11 is 6.12. The van der Waals surface area contributed by atoms with Gasteiger partial charge in [0.15, 0.2) is 5.82 Å². The largest absolute Gasteiger partial charge is 0.367 e. The average molecular weight is 298 g/mol. The van der Waals surface area contributed by atoms with Gasteiger partial charge in [-0.1, -0.05) is 24.9 Å². The Morgan fingerprint density at radius 3 is 2.75 bits per heavy atom. The van der Waals surface area contributed by atoms with Gasteiger partial charge >= 0.3 is 0 Å². The fourth-order valence-corrected chi connectivity index (χ4v) is 2.49. The predicted octanol–water partition coefficient (Wildman–Crippen LogP) is 2.85. The van der Waals surface area contributed by atoms with Gasteiger partial charge in [-0.25, -0.2) is 4.98 Å². The minimum absolute atomic E-state index is 0.575. The molecule has 1 saturated heterocycles. The van der Waals surface area contributed by atoms with Gasteiger partial charge in [0.05, 0.1) is 6.20 Å². The van der Waals surface area contributed by atoms with Gasteiger partial charge in [-0.2, -0.15) is 4.98 Å². The minimum atomic E-state index is 0.575. The summed E-state index contributed by atoms with van der Waals surface area (Å²) in [7, 11) is 0. The van der Waals surface area contributed by atoms with E-state index in [1.165, 1.54) is 32.4 Å². The Labute approximate surface area is 126 Å². The Hall–Kier alpha value is -1.07. The number of nitrogens with one attached hydrogen (secondary N) is 2. The second-order valence-corrected chi connectivity index (χ2v) is 5.55. The summed E-state index contributed by atoms with van der Waals surface area (Å²) in [6.45, 7) is 7.31. The smallest absolute Gasteiger partial charge is 0.224 e. The van der Waals surface area contributed by atoms with Crippen molar-refractivity contribution < 1.29 is 0 Å². The summed E-state index contributed by atoms with van der Waals surface area (Å²) < 4.78 is 0. The third-order valence-corrected chi connectivity index (χ3v) is 3.72. The van der Waals surface area contributed by atoms with Crippen molar-refractivity contribution in [1.82, 2.24) is 14.9 Å². The number of halogens is 1. The van der Waals surface area contributed by atoms with Crippen LogP contribution < -0.4 is 10.6 Å². The van der Waals surface area contributed by atoms with Crippen LogP contribution in [0.1, 0.15) is 32.6 Å². The number of hydrogen-bond donors (Lipinski definition) is 2. The highest BCUT2D eigenvalue weighted by Gasteiger charge is 2.10. The van der Waals surface area contributed by atoms with E-state index in [0.717, 1.165) is 31.9 Å². The number of piperidine rings is 1. The Morgan fingerprint density at radius 2 is 2.00 bits per heavy atom. The van der Waals surface area contributed by atoms with Crippen LogP contribution in [0.5, 0.6) is 0 Å². The second-order valence-electron chi connectivity index (χ2n) is 5.15. The lowest BCUT2D eigenvalue weighted by Crippen LogP contribution is -2.33. The van der Waals surface area contributed by atoms with Crippen LogP contribution in [0, 0.1) is 0 Å². The van der Waals surface area contributed by atoms with Gasteiger partial charge in [-0.3, -0.25) is 0 Å². The van der Waals surface area contributed by atoms with Crippen molar-refractivity contribution >= 4 is 23.4 Å². The third kappa shape index (κ3) is 4.80. The van der Waals surface area contributed by atoms with Gasteiger partial charge < -0.3 is 15.5 Å². The van der Waals surface area contributed by atoms with E-state index in [0.29, 0.717) is 11.0 Å². The zero-order valence-electron chi connectivity index (χ0n) is 12.2. The fourth-order valence-electron chi connectivity index (χ4n) is 2.33. The highest BCUT2D eigenvalue weighted by Crippen LogP contribution is 2.19. The number of hydrogen-bond acceptors (Lipinski definition) is 5. The van der Waals surface area contributed by atoms with Crippen LogP contribution in [0.2, 0.25) is 5.02 Å². The first-order chi connectivity index (χ1) is 9.79. The molecule has 2 heterocycles. The Balaban J connectivity index is 1.81. The lowest BCUT2D eigenvalue weighted by molar-refractivity contribution is 0.237. The van der Waals surface area contributed by atoms with E-state index in [1.54, 1.807) is 6.20 Å². The van der Waals surface area contributed by atoms with Crippen molar-refractivity contribution in [3.63, 3.8) is 0 Å². The van der Waals surface area contributed by atoms with Gasteiger partial charge in [0.25, 0.3) is 0 Å². The number of nitrogens with zero attached hydrogens (tertiary/aromatic N) is 3. The third-order valence-electron chi connectivity index (χ3n) is 3.45. The topological polar surface area (TPSA) is 53.1 Å². The predicted molar refractivity (Wildman–Crippen MR) is 84.6 cm³/mol. The zero-order valence-corrected chi connectivity index (χ0v) is 12.9. The maximum absolute atomic E-state index is 6.12. The molecule has 0 amide bonds. The van der Waals surface area contributed by atoms with E-state index >= 15 is 0 Å². The molecule has 0 bridgehead atoms. The Morgan fingerprint density at radius 1 is 1.20 bits per heavy atom. The van der Waals surface area contributed by atoms with Crippen molar-refractivity contribution in [3.8, 4) is 0 Å². The first-order valence-electron chi connectivity index (χ1n) is 7.52. The number of aromatic nitrogens is 2. The van der Waals surface area contributed by atoms with Crippen molar-refractivity contribution in [2.24, 2.45) is 0 Å². The lowest BCUT2D eigenvalue weighted by atomic mass is 10.1. The summed E-state index contributed by atoms with van der Waals surface area (Å²) in [4.78, 5) is 11.1. The van der Waals surface area contributed by atoms with E-state index in [-0.39, 0.29) is 0 Å². The SMILES string of the molecule is CCCNc1ncc(Cl)c(NCCN2CCCCC2)n1. The molecule has 112 valence electrons. The fraction of sp³-hybridized carbons (Fsp3) is 0.714. The van der Waals surface area contributed by atoms with E-state index in [1.807, 2.05) is 0 Å². The summed E-state index contributed by atoms with van der Waals surface area (Å²) in [5.41, 5.74) is 0. The van der Waals surface area contributed by atoms with E-state index in [2.05, 4.69) is 32.4 Å². The molecule has 1 aromatic rings. The van der Waals surface area contributed by atoms with Crippen molar-refractivity contribution in [2.45, 2.75) is 32.6 Å². The molecule has 2 N–H and O–H groups in total. The molecule has 0 aromatic carbocycles. The van der Waals surface area contributed by atoms with Crippen LogP contribution in [-0.2, 0) is 0 Å². The molecule has 0 unspecified atom stereocenters. The van der Waals surface area contributed by atoms with Crippen molar-refractivity contribution in [3.05, 3.63) is 11.2 Å². The molecule has 1 fully saturated rings. The average Bonchev–Trinajstić information content (AvgIpc) is 2.49. The lowest BCUT2D eigenvalue weighted by Gasteiger charge is -2.26. The van der Waals surface area contributed by atoms with Gasteiger partial charge in [0.2, 0.25) is 5.95 Å². The molecular formula is C14H24ClN5. The normalized spacial score (nSPS) is 16.1. The van der Waals surface area contributed by atoms with Crippen molar-refractivity contribution in [2.75, 3.05) is 43.4 Å². The number of rotatable bonds is 7. The second kappa shape index (κ2) is 8.27. The van der Waals surface area contributed by atoms with Crippen LogP contribution in [0.25, 0.3) is 0 Å². The molecule has 1 aliphatic heterocycles. The molecular weight excluding hydrogens is 274 g/mol. The van der Waals surface area contributed by atoms with Crippen LogP contribution in [-0.4, -0.2) is 47.6 Å². The van der Waals surface area contributed by atoms with E-state index in [9.17, 15) is 0 Å². The van der Waals surface area contributed by atoms with Crippen LogP contribution in [0.4, 0.5) is 11.8 Å². The first-order valence-corrected chi connectivity index (χ1v) is 7.90. The van der Waals surface area contributed by atoms with Crippen LogP contribution >= 0.6 is 11.6 Å². The Kier molecular flexibility index (Phi) is 6.33. The molecule has 0 spiro atoms. The molecule has 0 radical (unpaired) electrons. The maximum atomic E-state index is 6.12. The summed E-state index contributed by atoms with van der Waals surface area (Å²) in [5.74, 6) is 1.36.